The van der Waals surface area contributed by atoms with E-state index in [-0.39, 0.29) is 11.7 Å². The molecule has 1 unspecified atom stereocenters. The largest absolute Gasteiger partial charge is 0.493 e. The molecule has 0 aromatic heterocycles. The minimum Gasteiger partial charge on any atom is -0.493 e. The Morgan fingerprint density at radius 2 is 2.10 bits per heavy atom. The highest BCUT2D eigenvalue weighted by Gasteiger charge is 2.33. The summed E-state index contributed by atoms with van der Waals surface area (Å²) in [4.78, 5) is 20.3. The highest BCUT2D eigenvalue weighted by Crippen LogP contribution is 2.33. The second kappa shape index (κ2) is 8.51. The van der Waals surface area contributed by atoms with Gasteiger partial charge in [-0.15, -0.1) is 0 Å². The quantitative estimate of drug-likeness (QED) is 0.793. The molecule has 0 saturated heterocycles. The SMILES string of the molecule is COc1cccc2c1OCCCN(C(=O)C1CC(Cc3ccc(F)cc3)=NO1)C2. The van der Waals surface area contributed by atoms with E-state index in [4.69, 9.17) is 14.3 Å². The summed E-state index contributed by atoms with van der Waals surface area (Å²) in [6.45, 7) is 1.52. The number of hydrogen-bond acceptors (Lipinski definition) is 5. The van der Waals surface area contributed by atoms with E-state index in [1.807, 2.05) is 18.2 Å². The average Bonchev–Trinajstić information content (AvgIpc) is 3.18. The Morgan fingerprint density at radius 3 is 2.90 bits per heavy atom. The van der Waals surface area contributed by atoms with Crippen LogP contribution < -0.4 is 9.47 Å². The molecule has 7 heteroatoms. The van der Waals surface area contributed by atoms with Crippen LogP contribution in [0.1, 0.15) is 24.0 Å². The summed E-state index contributed by atoms with van der Waals surface area (Å²) in [5.41, 5.74) is 2.63. The highest BCUT2D eigenvalue weighted by atomic mass is 19.1. The Kier molecular flexibility index (Phi) is 5.64. The fourth-order valence-electron chi connectivity index (χ4n) is 3.62. The van der Waals surface area contributed by atoms with Crippen molar-refractivity contribution < 1.29 is 23.5 Å². The summed E-state index contributed by atoms with van der Waals surface area (Å²) in [6, 6.07) is 12.0. The van der Waals surface area contributed by atoms with Gasteiger partial charge in [0.15, 0.2) is 11.5 Å². The maximum absolute atomic E-state index is 13.1. The zero-order valence-electron chi connectivity index (χ0n) is 16.3. The lowest BCUT2D eigenvalue weighted by Crippen LogP contribution is -2.40. The molecule has 0 saturated carbocycles. The van der Waals surface area contributed by atoms with Gasteiger partial charge < -0.3 is 19.2 Å². The van der Waals surface area contributed by atoms with Gasteiger partial charge in [0.2, 0.25) is 6.10 Å². The van der Waals surface area contributed by atoms with Crippen molar-refractivity contribution in [3.63, 3.8) is 0 Å². The summed E-state index contributed by atoms with van der Waals surface area (Å²) in [7, 11) is 1.60. The van der Waals surface area contributed by atoms with Crippen LogP contribution in [-0.2, 0) is 22.6 Å². The van der Waals surface area contributed by atoms with Crippen LogP contribution in [0.5, 0.6) is 11.5 Å². The summed E-state index contributed by atoms with van der Waals surface area (Å²) in [5.74, 6) is 0.995. The first-order valence-corrected chi connectivity index (χ1v) is 9.67. The molecule has 0 N–H and O–H groups in total. The third-order valence-electron chi connectivity index (χ3n) is 5.10. The van der Waals surface area contributed by atoms with Crippen LogP contribution in [0.25, 0.3) is 0 Å². The Labute approximate surface area is 168 Å². The first kappa shape index (κ1) is 19.2. The monoisotopic (exact) mass is 398 g/mol. The number of nitrogens with zero attached hydrogens (tertiary/aromatic N) is 2. The Morgan fingerprint density at radius 1 is 1.28 bits per heavy atom. The first-order valence-electron chi connectivity index (χ1n) is 9.67. The molecule has 2 aromatic rings. The number of carbonyl (C=O) groups excluding carboxylic acids is 1. The number of carbonyl (C=O) groups is 1. The molecule has 0 aliphatic carbocycles. The number of benzene rings is 2. The van der Waals surface area contributed by atoms with Crippen molar-refractivity contribution >= 4 is 11.6 Å². The molecule has 0 spiro atoms. The smallest absolute Gasteiger partial charge is 0.267 e. The number of hydrogen-bond donors (Lipinski definition) is 0. The number of para-hydroxylation sites is 1. The summed E-state index contributed by atoms with van der Waals surface area (Å²) >= 11 is 0. The molecule has 6 nitrogen and oxygen atoms in total. The molecule has 2 aromatic carbocycles. The van der Waals surface area contributed by atoms with Crippen LogP contribution in [0.2, 0.25) is 0 Å². The van der Waals surface area contributed by atoms with Crippen LogP contribution in [-0.4, -0.2) is 42.9 Å². The summed E-state index contributed by atoms with van der Waals surface area (Å²) < 4.78 is 24.3. The van der Waals surface area contributed by atoms with Crippen molar-refractivity contribution in [2.24, 2.45) is 5.16 Å². The number of oxime groups is 1. The topological polar surface area (TPSA) is 60.4 Å². The van der Waals surface area contributed by atoms with Crippen molar-refractivity contribution in [1.29, 1.82) is 0 Å². The standard InChI is InChI=1S/C22H23FN2O4/c1-27-19-5-2-4-16-14-25(10-3-11-28-21(16)19)22(26)20-13-18(24-29-20)12-15-6-8-17(23)9-7-15/h2,4-9,20H,3,10-14H2,1H3. The molecule has 2 aliphatic heterocycles. The molecule has 4 rings (SSSR count). The molecular weight excluding hydrogens is 375 g/mol. The normalized spacial score (nSPS) is 18.6. The van der Waals surface area contributed by atoms with Gasteiger partial charge in [-0.05, 0) is 30.2 Å². The molecule has 2 aliphatic rings. The van der Waals surface area contributed by atoms with E-state index in [9.17, 15) is 9.18 Å². The van der Waals surface area contributed by atoms with E-state index in [0.29, 0.717) is 44.0 Å². The van der Waals surface area contributed by atoms with Gasteiger partial charge in [0.25, 0.3) is 5.91 Å². The molecule has 2 heterocycles. The van der Waals surface area contributed by atoms with Crippen LogP contribution in [0.4, 0.5) is 4.39 Å². The van der Waals surface area contributed by atoms with E-state index in [1.165, 1.54) is 12.1 Å². The molecule has 0 bridgehead atoms. The van der Waals surface area contributed by atoms with Crippen molar-refractivity contribution in [1.82, 2.24) is 4.90 Å². The second-order valence-corrected chi connectivity index (χ2v) is 7.17. The molecule has 152 valence electrons. The molecule has 29 heavy (non-hydrogen) atoms. The Balaban J connectivity index is 1.42. The summed E-state index contributed by atoms with van der Waals surface area (Å²) in [6.07, 6.45) is 1.07. The van der Waals surface area contributed by atoms with Gasteiger partial charge in [0, 0.05) is 31.5 Å². The van der Waals surface area contributed by atoms with Gasteiger partial charge in [0.05, 0.1) is 19.4 Å². The van der Waals surface area contributed by atoms with Gasteiger partial charge in [-0.3, -0.25) is 4.79 Å². The van der Waals surface area contributed by atoms with Crippen LogP contribution in [0.3, 0.4) is 0 Å². The third-order valence-corrected chi connectivity index (χ3v) is 5.10. The molecular formula is C22H23FN2O4. The van der Waals surface area contributed by atoms with Crippen molar-refractivity contribution in [3.8, 4) is 11.5 Å². The summed E-state index contributed by atoms with van der Waals surface area (Å²) in [5, 5.41) is 4.10. The van der Waals surface area contributed by atoms with Crippen molar-refractivity contribution in [3.05, 3.63) is 59.4 Å². The molecule has 1 amide bonds. The van der Waals surface area contributed by atoms with Crippen LogP contribution in [0.15, 0.2) is 47.6 Å². The fourth-order valence-corrected chi connectivity index (χ4v) is 3.62. The van der Waals surface area contributed by atoms with Crippen LogP contribution >= 0.6 is 0 Å². The first-order chi connectivity index (χ1) is 14.1. The Hall–Kier alpha value is -3.09. The maximum Gasteiger partial charge on any atom is 0.267 e. The van der Waals surface area contributed by atoms with Crippen molar-refractivity contribution in [2.75, 3.05) is 20.3 Å². The molecule has 0 radical (unpaired) electrons. The lowest BCUT2D eigenvalue weighted by molar-refractivity contribution is -0.143. The lowest BCUT2D eigenvalue weighted by Gasteiger charge is -2.28. The van der Waals surface area contributed by atoms with E-state index in [2.05, 4.69) is 5.16 Å². The van der Waals surface area contributed by atoms with Gasteiger partial charge >= 0.3 is 0 Å². The van der Waals surface area contributed by atoms with E-state index < -0.39 is 6.10 Å². The highest BCUT2D eigenvalue weighted by molar-refractivity contribution is 5.94. The van der Waals surface area contributed by atoms with Gasteiger partial charge in [0.1, 0.15) is 5.82 Å². The van der Waals surface area contributed by atoms with Gasteiger partial charge in [-0.1, -0.05) is 29.4 Å². The van der Waals surface area contributed by atoms with Gasteiger partial charge in [-0.25, -0.2) is 4.39 Å². The van der Waals surface area contributed by atoms with E-state index in [1.54, 1.807) is 24.1 Å². The zero-order chi connectivity index (χ0) is 20.2. The second-order valence-electron chi connectivity index (χ2n) is 7.17. The minimum atomic E-state index is -0.625. The molecule has 1 atom stereocenters. The van der Waals surface area contributed by atoms with Gasteiger partial charge in [-0.2, -0.15) is 0 Å². The zero-order valence-corrected chi connectivity index (χ0v) is 16.3. The van der Waals surface area contributed by atoms with Crippen LogP contribution in [0, 0.1) is 5.82 Å². The average molecular weight is 398 g/mol. The number of methoxy groups -OCH3 is 1. The van der Waals surface area contributed by atoms with E-state index >= 15 is 0 Å². The number of halogens is 1. The predicted molar refractivity (Wildman–Crippen MR) is 106 cm³/mol. The number of ether oxygens (including phenoxy) is 2. The minimum absolute atomic E-state index is 0.0847. The number of amides is 1. The number of rotatable bonds is 4. The Bertz CT molecular complexity index is 914. The predicted octanol–water partition coefficient (Wildman–Crippen LogP) is 3.33. The van der Waals surface area contributed by atoms with E-state index in [0.717, 1.165) is 23.3 Å². The fraction of sp³-hybridized carbons (Fsp3) is 0.364. The third kappa shape index (κ3) is 4.34. The number of fused-ring (bicyclic) bond motifs is 1. The maximum atomic E-state index is 13.1. The lowest BCUT2D eigenvalue weighted by atomic mass is 10.0. The molecule has 0 fully saturated rings. The van der Waals surface area contributed by atoms with Crippen molar-refractivity contribution in [2.45, 2.75) is 31.9 Å².